The summed E-state index contributed by atoms with van der Waals surface area (Å²) in [5.41, 5.74) is 1.56. The molecule has 3 nitrogen and oxygen atoms in total. The van der Waals surface area contributed by atoms with E-state index < -0.39 is 0 Å². The highest BCUT2D eigenvalue weighted by Gasteiger charge is 2.08. The molecule has 0 atom stereocenters. The Morgan fingerprint density at radius 1 is 1.31 bits per heavy atom. The maximum Gasteiger partial charge on any atom is 0.145 e. The molecule has 0 unspecified atom stereocenters. The summed E-state index contributed by atoms with van der Waals surface area (Å²) in [6, 6.07) is 7.49. The molecule has 84 valence electrons. The smallest absolute Gasteiger partial charge is 0.145 e. The van der Waals surface area contributed by atoms with Crippen LogP contribution in [0.25, 0.3) is 10.9 Å². The van der Waals surface area contributed by atoms with E-state index in [1.165, 1.54) is 0 Å². The second-order valence-corrected chi connectivity index (χ2v) is 3.79. The van der Waals surface area contributed by atoms with Crippen LogP contribution in [0.3, 0.4) is 0 Å². The van der Waals surface area contributed by atoms with Crippen molar-refractivity contribution in [2.45, 2.75) is 6.61 Å². The molecule has 0 radical (unpaired) electrons. The molecule has 0 fully saturated rings. The average Bonchev–Trinajstić information content (AvgIpc) is 2.29. The Morgan fingerprint density at radius 3 is 2.81 bits per heavy atom. The summed E-state index contributed by atoms with van der Waals surface area (Å²) >= 11 is 6.18. The number of nitrogens with zero attached hydrogens (tertiary/aromatic N) is 1. The molecule has 1 aromatic carbocycles. The van der Waals surface area contributed by atoms with Crippen molar-refractivity contribution in [2.24, 2.45) is 0 Å². The third-order valence-corrected chi connectivity index (χ3v) is 2.63. The van der Waals surface area contributed by atoms with Crippen LogP contribution >= 0.6 is 11.6 Å². The summed E-state index contributed by atoms with van der Waals surface area (Å²) in [5, 5.41) is 1.55. The number of para-hydroxylation sites is 1. The first-order valence-electron chi connectivity index (χ1n) is 4.87. The summed E-state index contributed by atoms with van der Waals surface area (Å²) in [4.78, 5) is 4.46. The highest BCUT2D eigenvalue weighted by Crippen LogP contribution is 2.29. The Balaban J connectivity index is 2.67. The van der Waals surface area contributed by atoms with E-state index in [-0.39, 0.29) is 0 Å². The van der Waals surface area contributed by atoms with Crippen molar-refractivity contribution in [2.75, 3.05) is 14.2 Å². The summed E-state index contributed by atoms with van der Waals surface area (Å²) in [6.07, 6.45) is 0. The minimum absolute atomic E-state index is 0.438. The van der Waals surface area contributed by atoms with Crippen molar-refractivity contribution in [3.05, 3.63) is 35.0 Å². The standard InChI is InChI=1S/C12H12ClNO2/c1-15-7-8-6-10(13)9-4-3-5-11(16-2)12(9)14-8/h3-6H,7H2,1-2H3. The number of ether oxygens (including phenoxy) is 2. The van der Waals surface area contributed by atoms with Gasteiger partial charge in [0.05, 0.1) is 24.4 Å². The minimum Gasteiger partial charge on any atom is -0.494 e. The molecular weight excluding hydrogens is 226 g/mol. The SMILES string of the molecule is COCc1cc(Cl)c2cccc(OC)c2n1. The lowest BCUT2D eigenvalue weighted by molar-refractivity contribution is 0.182. The summed E-state index contributed by atoms with van der Waals surface area (Å²) in [5.74, 6) is 0.720. The zero-order chi connectivity index (χ0) is 11.5. The number of aromatic nitrogens is 1. The first-order valence-corrected chi connectivity index (χ1v) is 5.25. The molecule has 1 aromatic heterocycles. The minimum atomic E-state index is 0.438. The van der Waals surface area contributed by atoms with Gasteiger partial charge in [0.25, 0.3) is 0 Å². The summed E-state index contributed by atoms with van der Waals surface area (Å²) in [6.45, 7) is 0.438. The van der Waals surface area contributed by atoms with Crippen LogP contribution < -0.4 is 4.74 Å². The third kappa shape index (κ3) is 1.96. The van der Waals surface area contributed by atoms with Gasteiger partial charge in [0.1, 0.15) is 11.3 Å². The van der Waals surface area contributed by atoms with Crippen molar-refractivity contribution >= 4 is 22.5 Å². The monoisotopic (exact) mass is 237 g/mol. The largest absolute Gasteiger partial charge is 0.494 e. The zero-order valence-corrected chi connectivity index (χ0v) is 9.91. The molecule has 2 aromatic rings. The maximum absolute atomic E-state index is 6.18. The Bertz CT molecular complexity index is 514. The number of fused-ring (bicyclic) bond motifs is 1. The number of halogens is 1. The molecule has 0 aliphatic rings. The van der Waals surface area contributed by atoms with Gasteiger partial charge in [0, 0.05) is 12.5 Å². The average molecular weight is 238 g/mol. The Morgan fingerprint density at radius 2 is 2.12 bits per heavy atom. The first kappa shape index (κ1) is 11.2. The molecular formula is C12H12ClNO2. The maximum atomic E-state index is 6.18. The predicted octanol–water partition coefficient (Wildman–Crippen LogP) is 3.04. The van der Waals surface area contributed by atoms with Crippen LogP contribution in [0.15, 0.2) is 24.3 Å². The second kappa shape index (κ2) is 4.68. The lowest BCUT2D eigenvalue weighted by Crippen LogP contribution is -1.95. The van der Waals surface area contributed by atoms with Crippen molar-refractivity contribution in [3.8, 4) is 5.75 Å². The lowest BCUT2D eigenvalue weighted by Gasteiger charge is -2.08. The fourth-order valence-electron chi connectivity index (χ4n) is 1.62. The molecule has 0 aliphatic carbocycles. The normalized spacial score (nSPS) is 10.7. The molecule has 0 bridgehead atoms. The summed E-state index contributed by atoms with van der Waals surface area (Å²) < 4.78 is 10.3. The van der Waals surface area contributed by atoms with Gasteiger partial charge in [-0.1, -0.05) is 23.7 Å². The van der Waals surface area contributed by atoms with Gasteiger partial charge in [-0.05, 0) is 12.1 Å². The van der Waals surface area contributed by atoms with Crippen LogP contribution in [0.5, 0.6) is 5.75 Å². The Kier molecular flexibility index (Phi) is 3.27. The summed E-state index contributed by atoms with van der Waals surface area (Å²) in [7, 11) is 3.25. The van der Waals surface area contributed by atoms with Gasteiger partial charge in [0.15, 0.2) is 0 Å². The highest BCUT2D eigenvalue weighted by molar-refractivity contribution is 6.35. The van der Waals surface area contributed by atoms with Gasteiger partial charge >= 0.3 is 0 Å². The Labute approximate surface area is 99.0 Å². The van der Waals surface area contributed by atoms with Gasteiger partial charge in [-0.3, -0.25) is 0 Å². The molecule has 0 spiro atoms. The van der Waals surface area contributed by atoms with Crippen molar-refractivity contribution in [1.29, 1.82) is 0 Å². The van der Waals surface area contributed by atoms with Gasteiger partial charge in [-0.15, -0.1) is 0 Å². The number of methoxy groups -OCH3 is 2. The fraction of sp³-hybridized carbons (Fsp3) is 0.250. The van der Waals surface area contributed by atoms with Crippen LogP contribution in [0.2, 0.25) is 5.02 Å². The molecule has 4 heteroatoms. The van der Waals surface area contributed by atoms with E-state index in [9.17, 15) is 0 Å². The topological polar surface area (TPSA) is 31.4 Å². The van der Waals surface area contributed by atoms with E-state index in [2.05, 4.69) is 4.98 Å². The molecule has 16 heavy (non-hydrogen) atoms. The molecule has 0 aliphatic heterocycles. The third-order valence-electron chi connectivity index (χ3n) is 2.32. The quantitative estimate of drug-likeness (QED) is 0.822. The van der Waals surface area contributed by atoms with Crippen LogP contribution in [0.1, 0.15) is 5.69 Å². The number of hydrogen-bond acceptors (Lipinski definition) is 3. The molecule has 1 heterocycles. The van der Waals surface area contributed by atoms with E-state index in [0.717, 1.165) is 22.3 Å². The number of pyridine rings is 1. The lowest BCUT2D eigenvalue weighted by atomic mass is 10.2. The molecule has 0 saturated carbocycles. The van der Waals surface area contributed by atoms with E-state index >= 15 is 0 Å². The number of benzene rings is 1. The first-order chi connectivity index (χ1) is 7.76. The zero-order valence-electron chi connectivity index (χ0n) is 9.16. The van der Waals surface area contributed by atoms with Crippen molar-refractivity contribution in [3.63, 3.8) is 0 Å². The molecule has 0 N–H and O–H groups in total. The Hall–Kier alpha value is -1.32. The van der Waals surface area contributed by atoms with Gasteiger partial charge < -0.3 is 9.47 Å². The van der Waals surface area contributed by atoms with Crippen LogP contribution in [-0.4, -0.2) is 19.2 Å². The molecule has 0 saturated heterocycles. The van der Waals surface area contributed by atoms with E-state index in [1.807, 2.05) is 24.3 Å². The van der Waals surface area contributed by atoms with Gasteiger partial charge in [-0.25, -0.2) is 4.98 Å². The van der Waals surface area contributed by atoms with Crippen molar-refractivity contribution in [1.82, 2.24) is 4.98 Å². The van der Waals surface area contributed by atoms with Gasteiger partial charge in [0.2, 0.25) is 0 Å². The van der Waals surface area contributed by atoms with Crippen LogP contribution in [0.4, 0.5) is 0 Å². The second-order valence-electron chi connectivity index (χ2n) is 3.38. The predicted molar refractivity (Wildman–Crippen MR) is 64.0 cm³/mol. The number of hydrogen-bond donors (Lipinski definition) is 0. The molecule has 0 amide bonds. The number of rotatable bonds is 3. The fourth-order valence-corrected chi connectivity index (χ4v) is 1.90. The van der Waals surface area contributed by atoms with E-state index in [1.54, 1.807) is 14.2 Å². The van der Waals surface area contributed by atoms with Crippen LogP contribution in [0, 0.1) is 0 Å². The van der Waals surface area contributed by atoms with Crippen LogP contribution in [-0.2, 0) is 11.3 Å². The highest BCUT2D eigenvalue weighted by atomic mass is 35.5. The van der Waals surface area contributed by atoms with E-state index in [4.69, 9.17) is 21.1 Å². The van der Waals surface area contributed by atoms with Gasteiger partial charge in [-0.2, -0.15) is 0 Å². The van der Waals surface area contributed by atoms with Crippen molar-refractivity contribution < 1.29 is 9.47 Å². The van der Waals surface area contributed by atoms with E-state index in [0.29, 0.717) is 11.6 Å². The molecule has 2 rings (SSSR count).